The van der Waals surface area contributed by atoms with Crippen LogP contribution < -0.4 is 81.0 Å². The number of hydrogen-bond acceptors (Lipinski definition) is 24. The summed E-state index contributed by atoms with van der Waals surface area (Å²) in [4.78, 5) is 263. The van der Waals surface area contributed by atoms with Crippen molar-refractivity contribution in [2.45, 2.75) is 247 Å². The number of carbonyl (C=O) groups is 17. The predicted octanol–water partition coefficient (Wildman–Crippen LogP) is -1.36. The average molecular weight is 1930 g/mol. The number of nitrogens with zero attached hydrogens (tertiary/aromatic N) is 5. The molecule has 0 aliphatic carbocycles. The van der Waals surface area contributed by atoms with Crippen LogP contribution in [0.1, 0.15) is 155 Å². The second-order valence-corrected chi connectivity index (χ2v) is 37.4. The van der Waals surface area contributed by atoms with E-state index in [2.05, 4.69) is 73.8 Å². The van der Waals surface area contributed by atoms with Crippen molar-refractivity contribution in [2.75, 3.05) is 58.4 Å². The molecule has 0 saturated carbocycles. The fourth-order valence-corrected chi connectivity index (χ4v) is 18.5. The maximum absolute atomic E-state index is 15.8. The number of thioether (sulfide) groups is 1. The number of rotatable bonds is 26. The Morgan fingerprint density at radius 2 is 1.20 bits per heavy atom. The molecule has 42 nitrogen and oxygen atoms in total. The molecular weight excluding hydrogens is 1800 g/mol. The summed E-state index contributed by atoms with van der Waals surface area (Å²) in [6.07, 6.45) is 3.08. The fourth-order valence-electron chi connectivity index (χ4n) is 16.7. The van der Waals surface area contributed by atoms with E-state index in [4.69, 9.17) is 22.6 Å². The Kier molecular flexibility index (Phi) is 39.5. The maximum atomic E-state index is 15.8. The lowest BCUT2D eigenvalue weighted by Crippen LogP contribution is -2.63. The molecule has 9 rings (SSSR count). The van der Waals surface area contributed by atoms with E-state index in [1.807, 2.05) is 32.0 Å². The molecule has 44 heteroatoms. The zero-order chi connectivity index (χ0) is 99.4. The van der Waals surface area contributed by atoms with Crippen LogP contribution in [0.2, 0.25) is 0 Å². The van der Waals surface area contributed by atoms with Crippen LogP contribution >= 0.6 is 23.1 Å². The number of amides is 17. The number of likely N-dealkylation sites (N-methyl/N-ethyl adjacent to an activating group) is 2. The van der Waals surface area contributed by atoms with Gasteiger partial charge in [-0.3, -0.25) is 91.9 Å². The Bertz CT molecular complexity index is 5240. The molecule has 6 heterocycles. The third kappa shape index (κ3) is 29.9. The Labute approximate surface area is 795 Å². The number of fused-ring (bicyclic) bond motifs is 4. The van der Waals surface area contributed by atoms with Crippen LogP contribution in [-0.4, -0.2) is 301 Å². The highest BCUT2D eigenvalue weighted by Crippen LogP contribution is 2.31. The van der Waals surface area contributed by atoms with Gasteiger partial charge in [-0.2, -0.15) is 0 Å². The van der Waals surface area contributed by atoms with Crippen molar-refractivity contribution in [1.82, 2.24) is 88.4 Å². The third-order valence-corrected chi connectivity index (χ3v) is 26.1. The number of allylic oxidation sites excluding steroid dienone is 1. The Morgan fingerprint density at radius 3 is 1.85 bits per heavy atom. The van der Waals surface area contributed by atoms with Crippen LogP contribution in [0.4, 0.5) is 0 Å². The standard InChI is InChI=1S/C92H128N22O20S2/c1-9-11-25-69-83(127)102-60(24-18-34-98-91(95)96)78(122)108-68(77(121)100-44-75(94)119)48-135-49-76(120)101-61(37-51-29-31-55(116)32-30-51)82(126)110-92(5,6)90(134)109-66(42-74(93)118)87(131)113-35-19-27-70(113)84(128)104-63(40-54-20-17-33-97-54)80(124)105-64(36-50(3)4)88(132)114-45-56(117)41-72(114)85(129)103-62(38-52-43-99-59-23-15-13-21-57(52)59)79(123)107-67(46-115)81(125)106-65(39-53-47-136-73-28-16-14-22-58(53)73)86(130)112(8)71(26-12-10-2)89(133)111(69)7/h13-16,20-23,28-33,43,47,50,56,60-72,99,115-117H,9-12,17-19,24-27,34-42,44-46,48-49H2,1-8H3,(H2,93,118)(H2,94,119)(H,100,121)(H,101,120)(H,102,127)(H,103,129)(H,104,128)(H,105,124)(H,106,125)(H,107,123)(H,108,122)(H,109,134)(H,110,126)(H4,95,96,98)/t56-,60+,61+,62?,63+,64-,65+,66+,67+,68?,69+,70+,71+,72+/m1/s1. The summed E-state index contributed by atoms with van der Waals surface area (Å²) in [5.74, 6) is -18.1. The van der Waals surface area contributed by atoms with E-state index in [-0.39, 0.29) is 102 Å². The number of H-pyrrole nitrogens is 1. The van der Waals surface area contributed by atoms with E-state index in [0.29, 0.717) is 70.8 Å². The van der Waals surface area contributed by atoms with Gasteiger partial charge in [0.25, 0.3) is 0 Å². The Hall–Kier alpha value is -13.1. The van der Waals surface area contributed by atoms with Crippen molar-refractivity contribution in [3.63, 3.8) is 0 Å². The SMILES string of the molecule is CCCC[C@H]1C(=O)N(C)[C@@H](CCCC)C(=O)N[C@@H](CCCNC(=N)N)C(=O)NC(C(=O)NCC(N)=O)CSCC(=O)N[C@@H](Cc2ccc(O)cc2)C(=O)NC(C)(C)C(=O)N[C@@H](CC(N)=O)C(=O)N2CCC[C@H]2C(=O)N[C@@H](CC2=CCC=N2)C(=O)N[C@H](CC(C)C)C(=O)N2C[C@H](O)C[C@H]2C(=O)NC(Cc2c[nH]c3ccccc23)C(=O)N[C@@H](CO)C(=O)N[C@@H](Cc2csc3ccccc23)C(=O)N1C. The number of guanidine groups is 1. The van der Waals surface area contributed by atoms with Gasteiger partial charge in [-0.05, 0) is 116 Å². The predicted molar refractivity (Wildman–Crippen MR) is 507 cm³/mol. The van der Waals surface area contributed by atoms with Crippen LogP contribution in [0.3, 0.4) is 0 Å². The zero-order valence-electron chi connectivity index (χ0n) is 77.6. The quantitative estimate of drug-likeness (QED) is 0.0173. The minimum Gasteiger partial charge on any atom is -0.508 e. The molecule has 17 amide bonds. The van der Waals surface area contributed by atoms with Crippen molar-refractivity contribution in [1.29, 1.82) is 5.41 Å². The number of phenols is 1. The monoisotopic (exact) mass is 1920 g/mol. The number of carbonyl (C=O) groups excluding carboxylic acids is 17. The number of unbranched alkanes of at least 4 members (excludes halogenated alkanes) is 2. The molecule has 14 atom stereocenters. The van der Waals surface area contributed by atoms with Crippen molar-refractivity contribution >= 4 is 157 Å². The van der Waals surface area contributed by atoms with Gasteiger partial charge >= 0.3 is 0 Å². The minimum atomic E-state index is -2.02. The molecule has 3 fully saturated rings. The second-order valence-electron chi connectivity index (χ2n) is 35.5. The van der Waals surface area contributed by atoms with Gasteiger partial charge in [0.15, 0.2) is 5.96 Å². The van der Waals surface area contributed by atoms with E-state index >= 15 is 38.4 Å². The number of phenolic OH excluding ortho intramolecular Hbond substituents is 1. The first kappa shape index (κ1) is 107. The summed E-state index contributed by atoms with van der Waals surface area (Å²) < 4.78 is 0.812. The molecule has 0 bridgehead atoms. The number of aliphatic hydroxyl groups is 2. The van der Waals surface area contributed by atoms with Crippen LogP contribution in [0.5, 0.6) is 5.75 Å². The van der Waals surface area contributed by atoms with Crippen LogP contribution in [-0.2, 0) is 101 Å². The summed E-state index contributed by atoms with van der Waals surface area (Å²) in [5, 5.41) is 75.6. The van der Waals surface area contributed by atoms with Gasteiger partial charge in [-0.1, -0.05) is 108 Å². The highest BCUT2D eigenvalue weighted by Gasteiger charge is 2.47. The smallest absolute Gasteiger partial charge is 0.246 e. The highest BCUT2D eigenvalue weighted by molar-refractivity contribution is 8.00. The molecule has 23 N–H and O–H groups in total. The van der Waals surface area contributed by atoms with Gasteiger partial charge in [-0.15, -0.1) is 23.1 Å². The van der Waals surface area contributed by atoms with Gasteiger partial charge in [-0.25, -0.2) is 0 Å². The second kappa shape index (κ2) is 50.5. The summed E-state index contributed by atoms with van der Waals surface area (Å²) in [5.41, 5.74) is 17.2. The molecule has 3 aromatic carbocycles. The number of nitrogens with one attached hydrogen (secondary N) is 14. The molecule has 0 radical (unpaired) electrons. The van der Waals surface area contributed by atoms with Crippen molar-refractivity contribution in [3.05, 3.63) is 113 Å². The molecule has 3 saturated heterocycles. The molecule has 136 heavy (non-hydrogen) atoms. The number of aliphatic imine (C=N–C) groups is 1. The number of nitrogens with two attached hydrogens (primary N) is 3. The number of aliphatic hydroxyl groups excluding tert-OH is 2. The molecule has 4 aliphatic heterocycles. The first-order valence-corrected chi connectivity index (χ1v) is 47.7. The summed E-state index contributed by atoms with van der Waals surface area (Å²) in [6.45, 7) is 7.26. The number of primary amides is 2. The maximum Gasteiger partial charge on any atom is 0.246 e. The van der Waals surface area contributed by atoms with Crippen molar-refractivity contribution < 1.29 is 96.8 Å². The summed E-state index contributed by atoms with van der Waals surface area (Å²) in [7, 11) is 2.70. The molecule has 5 aromatic rings. The van der Waals surface area contributed by atoms with E-state index in [9.17, 15) is 58.5 Å². The van der Waals surface area contributed by atoms with E-state index in [1.54, 1.807) is 68.0 Å². The summed E-state index contributed by atoms with van der Waals surface area (Å²) in [6, 6.07) is -0.514. The molecule has 4 aliphatic rings. The van der Waals surface area contributed by atoms with Gasteiger partial charge in [0, 0.05) is 112 Å². The normalized spacial score (nSPS) is 24.9. The number of thiophene rings is 1. The molecule has 2 unspecified atom stereocenters. The number of aromatic nitrogens is 1. The molecule has 0 spiro atoms. The van der Waals surface area contributed by atoms with E-state index in [0.717, 1.165) is 36.1 Å². The van der Waals surface area contributed by atoms with Crippen LogP contribution in [0.15, 0.2) is 101 Å². The highest BCUT2D eigenvalue weighted by atomic mass is 32.2. The number of aromatic amines is 1. The van der Waals surface area contributed by atoms with Gasteiger partial charge in [0.05, 0.1) is 31.4 Å². The Balaban J connectivity index is 1.10. The van der Waals surface area contributed by atoms with Crippen LogP contribution in [0.25, 0.3) is 21.0 Å². The average Bonchev–Trinajstić information content (AvgIpc) is 1.75. The number of benzene rings is 3. The van der Waals surface area contributed by atoms with Crippen molar-refractivity contribution in [2.24, 2.45) is 28.1 Å². The molecule has 738 valence electrons. The van der Waals surface area contributed by atoms with E-state index in [1.165, 1.54) is 63.5 Å². The summed E-state index contributed by atoms with van der Waals surface area (Å²) >= 11 is 2.10. The lowest BCUT2D eigenvalue weighted by molar-refractivity contribution is -0.149. The lowest BCUT2D eigenvalue weighted by atomic mass is 9.99. The van der Waals surface area contributed by atoms with Crippen LogP contribution in [0, 0.1) is 11.3 Å². The van der Waals surface area contributed by atoms with Crippen molar-refractivity contribution in [3.8, 4) is 5.75 Å². The first-order valence-electron chi connectivity index (χ1n) is 45.7. The minimum absolute atomic E-state index is 0.00432. The Morgan fingerprint density at radius 1 is 0.603 bits per heavy atom. The van der Waals surface area contributed by atoms with Gasteiger partial charge < -0.3 is 121 Å². The fraction of sp³-hybridized carbons (Fsp3) is 0.533. The first-order chi connectivity index (χ1) is 64.7. The lowest BCUT2D eigenvalue weighted by Gasteiger charge is -2.36. The molecular formula is C92H128N22O20S2. The van der Waals surface area contributed by atoms with E-state index < -0.39 is 234 Å². The zero-order valence-corrected chi connectivity index (χ0v) is 79.3. The molecule has 2 aromatic heterocycles. The largest absolute Gasteiger partial charge is 0.508 e. The number of aromatic hydroxyl groups is 1. The third-order valence-electron chi connectivity index (χ3n) is 24.1. The van der Waals surface area contributed by atoms with Gasteiger partial charge in [0.1, 0.15) is 89.8 Å². The number of hydrogen-bond donors (Lipinski definition) is 20. The topological polar surface area (TPSA) is 638 Å². The van der Waals surface area contributed by atoms with Gasteiger partial charge in [0.2, 0.25) is 100 Å². The number of para-hydroxylation sites is 1.